The highest BCUT2D eigenvalue weighted by atomic mass is 16.3. The molecular formula is C26H21N3O3. The lowest BCUT2D eigenvalue weighted by Crippen LogP contribution is -2.19. The monoisotopic (exact) mass is 423 g/mol. The summed E-state index contributed by atoms with van der Waals surface area (Å²) in [7, 11) is 0. The number of amides is 2. The van der Waals surface area contributed by atoms with Crippen LogP contribution in [0.2, 0.25) is 0 Å². The standard InChI is InChI=1S/C26H21N3O3/c1-18(19-13-15-23(16-14-19)27-26(31)24-8-5-17-32-24)28-29-25(30)22-11-9-21(10-12-22)20-6-3-2-4-7-20/h2-17H,1H3,(H,27,31)(H,29,30)/b28-18+. The Morgan fingerprint density at radius 3 is 2.03 bits per heavy atom. The van der Waals surface area contributed by atoms with Crippen LogP contribution in [0.1, 0.15) is 33.4 Å². The number of nitrogens with zero attached hydrogens (tertiary/aromatic N) is 1. The summed E-state index contributed by atoms with van der Waals surface area (Å²) < 4.78 is 5.08. The summed E-state index contributed by atoms with van der Waals surface area (Å²) >= 11 is 0. The van der Waals surface area contributed by atoms with Gasteiger partial charge in [0.25, 0.3) is 11.8 Å². The third kappa shape index (κ3) is 4.99. The molecular weight excluding hydrogens is 402 g/mol. The minimum atomic E-state index is -0.321. The third-order valence-corrected chi connectivity index (χ3v) is 4.88. The third-order valence-electron chi connectivity index (χ3n) is 4.88. The Balaban J connectivity index is 1.36. The predicted octanol–water partition coefficient (Wildman–Crippen LogP) is 5.35. The summed E-state index contributed by atoms with van der Waals surface area (Å²) in [6, 6.07) is 27.8. The van der Waals surface area contributed by atoms with E-state index in [9.17, 15) is 9.59 Å². The number of nitrogens with one attached hydrogen (secondary N) is 2. The molecule has 0 spiro atoms. The lowest BCUT2D eigenvalue weighted by atomic mass is 10.0. The van der Waals surface area contributed by atoms with Crippen LogP contribution in [0.3, 0.4) is 0 Å². The molecule has 0 bridgehead atoms. The van der Waals surface area contributed by atoms with Crippen LogP contribution in [-0.2, 0) is 0 Å². The van der Waals surface area contributed by atoms with Crippen LogP contribution in [0.15, 0.2) is 107 Å². The number of carbonyl (C=O) groups excluding carboxylic acids is 2. The fourth-order valence-electron chi connectivity index (χ4n) is 3.10. The molecule has 0 unspecified atom stereocenters. The van der Waals surface area contributed by atoms with Gasteiger partial charge in [-0.25, -0.2) is 5.43 Å². The van der Waals surface area contributed by atoms with Crippen molar-refractivity contribution in [2.75, 3.05) is 5.32 Å². The molecule has 1 heterocycles. The van der Waals surface area contributed by atoms with Crippen molar-refractivity contribution in [3.05, 3.63) is 114 Å². The van der Waals surface area contributed by atoms with Gasteiger partial charge in [-0.3, -0.25) is 9.59 Å². The van der Waals surface area contributed by atoms with Gasteiger partial charge in [0.05, 0.1) is 12.0 Å². The molecule has 32 heavy (non-hydrogen) atoms. The van der Waals surface area contributed by atoms with E-state index in [-0.39, 0.29) is 17.6 Å². The molecule has 0 radical (unpaired) electrons. The van der Waals surface area contributed by atoms with Crippen LogP contribution in [0, 0.1) is 0 Å². The maximum atomic E-state index is 12.4. The highest BCUT2D eigenvalue weighted by Crippen LogP contribution is 2.19. The Bertz CT molecular complexity index is 1230. The molecule has 0 saturated carbocycles. The molecule has 3 aromatic carbocycles. The van der Waals surface area contributed by atoms with Gasteiger partial charge in [0.2, 0.25) is 0 Å². The van der Waals surface area contributed by atoms with Crippen LogP contribution in [0.4, 0.5) is 5.69 Å². The van der Waals surface area contributed by atoms with Crippen molar-refractivity contribution in [3.63, 3.8) is 0 Å². The number of anilines is 1. The Hall–Kier alpha value is -4.45. The second kappa shape index (κ2) is 9.57. The van der Waals surface area contributed by atoms with Gasteiger partial charge in [-0.15, -0.1) is 0 Å². The molecule has 158 valence electrons. The Kier molecular flexibility index (Phi) is 6.22. The minimum absolute atomic E-state index is 0.242. The molecule has 0 fully saturated rings. The van der Waals surface area contributed by atoms with E-state index in [1.54, 1.807) is 43.3 Å². The maximum absolute atomic E-state index is 12.4. The first-order chi connectivity index (χ1) is 15.6. The largest absolute Gasteiger partial charge is 0.459 e. The van der Waals surface area contributed by atoms with Crippen LogP contribution in [0.25, 0.3) is 11.1 Å². The number of hydrazone groups is 1. The fraction of sp³-hybridized carbons (Fsp3) is 0.0385. The molecule has 0 aliphatic heterocycles. The van der Waals surface area contributed by atoms with Crippen LogP contribution in [-0.4, -0.2) is 17.5 Å². The van der Waals surface area contributed by atoms with Crippen LogP contribution < -0.4 is 10.7 Å². The van der Waals surface area contributed by atoms with E-state index >= 15 is 0 Å². The van der Waals surface area contributed by atoms with Crippen LogP contribution >= 0.6 is 0 Å². The van der Waals surface area contributed by atoms with Gasteiger partial charge in [-0.1, -0.05) is 54.6 Å². The average Bonchev–Trinajstić information content (AvgIpc) is 3.39. The smallest absolute Gasteiger partial charge is 0.291 e. The van der Waals surface area contributed by atoms with Crippen molar-refractivity contribution in [2.24, 2.45) is 5.10 Å². The summed E-state index contributed by atoms with van der Waals surface area (Å²) in [5.41, 5.74) is 7.34. The van der Waals surface area contributed by atoms with Crippen molar-refractivity contribution >= 4 is 23.2 Å². The van der Waals surface area contributed by atoms with Gasteiger partial charge >= 0.3 is 0 Å². The molecule has 0 saturated heterocycles. The highest BCUT2D eigenvalue weighted by Gasteiger charge is 2.09. The molecule has 4 rings (SSSR count). The van der Waals surface area contributed by atoms with Gasteiger partial charge in [0.15, 0.2) is 5.76 Å². The summed E-state index contributed by atoms with van der Waals surface area (Å²) in [4.78, 5) is 24.5. The Labute approximate surface area is 185 Å². The first-order valence-corrected chi connectivity index (χ1v) is 10.1. The number of rotatable bonds is 6. The van der Waals surface area contributed by atoms with Crippen molar-refractivity contribution in [3.8, 4) is 11.1 Å². The zero-order valence-corrected chi connectivity index (χ0v) is 17.4. The SMILES string of the molecule is C/C(=N\NC(=O)c1ccc(-c2ccccc2)cc1)c1ccc(NC(=O)c2ccco2)cc1. The van der Waals surface area contributed by atoms with E-state index in [1.807, 2.05) is 54.6 Å². The molecule has 0 atom stereocenters. The second-order valence-electron chi connectivity index (χ2n) is 7.09. The van der Waals surface area contributed by atoms with Crippen LogP contribution in [0.5, 0.6) is 0 Å². The van der Waals surface area contributed by atoms with Gasteiger partial charge in [0, 0.05) is 11.3 Å². The molecule has 6 heteroatoms. The van der Waals surface area contributed by atoms with E-state index in [0.29, 0.717) is 17.0 Å². The van der Waals surface area contributed by atoms with Gasteiger partial charge in [0.1, 0.15) is 0 Å². The summed E-state index contributed by atoms with van der Waals surface area (Å²) in [5, 5.41) is 6.95. The molecule has 0 aliphatic carbocycles. The predicted molar refractivity (Wildman–Crippen MR) is 125 cm³/mol. The number of furan rings is 1. The Morgan fingerprint density at radius 1 is 0.719 bits per heavy atom. The van der Waals surface area contributed by atoms with Crippen molar-refractivity contribution in [1.82, 2.24) is 5.43 Å². The lowest BCUT2D eigenvalue weighted by Gasteiger charge is -2.07. The van der Waals surface area contributed by atoms with E-state index < -0.39 is 0 Å². The summed E-state index contributed by atoms with van der Waals surface area (Å²) in [6.07, 6.45) is 1.45. The fourth-order valence-corrected chi connectivity index (χ4v) is 3.10. The number of carbonyl (C=O) groups is 2. The maximum Gasteiger partial charge on any atom is 0.291 e. The highest BCUT2D eigenvalue weighted by molar-refractivity contribution is 6.03. The molecule has 0 aliphatic rings. The zero-order valence-electron chi connectivity index (χ0n) is 17.4. The van der Waals surface area contributed by atoms with E-state index in [4.69, 9.17) is 4.42 Å². The first-order valence-electron chi connectivity index (χ1n) is 10.1. The van der Waals surface area contributed by atoms with Crippen molar-refractivity contribution < 1.29 is 14.0 Å². The normalized spacial score (nSPS) is 11.1. The van der Waals surface area contributed by atoms with Crippen molar-refractivity contribution in [2.45, 2.75) is 6.92 Å². The lowest BCUT2D eigenvalue weighted by molar-refractivity contribution is 0.0953. The van der Waals surface area contributed by atoms with Gasteiger partial charge in [-0.2, -0.15) is 5.10 Å². The molecule has 2 N–H and O–H groups in total. The van der Waals surface area contributed by atoms with E-state index in [2.05, 4.69) is 15.8 Å². The average molecular weight is 423 g/mol. The first kappa shape index (κ1) is 20.8. The number of benzene rings is 3. The van der Waals surface area contributed by atoms with E-state index in [0.717, 1.165) is 16.7 Å². The number of hydrogen-bond acceptors (Lipinski definition) is 4. The summed E-state index contributed by atoms with van der Waals surface area (Å²) in [5.74, 6) is -0.365. The number of hydrogen-bond donors (Lipinski definition) is 2. The van der Waals surface area contributed by atoms with Crippen molar-refractivity contribution in [1.29, 1.82) is 0 Å². The molecule has 4 aromatic rings. The molecule has 2 amide bonds. The molecule has 6 nitrogen and oxygen atoms in total. The Morgan fingerprint density at radius 2 is 1.38 bits per heavy atom. The minimum Gasteiger partial charge on any atom is -0.459 e. The summed E-state index contributed by atoms with van der Waals surface area (Å²) in [6.45, 7) is 1.80. The van der Waals surface area contributed by atoms with Gasteiger partial charge in [-0.05, 0) is 60.0 Å². The van der Waals surface area contributed by atoms with E-state index in [1.165, 1.54) is 6.26 Å². The topological polar surface area (TPSA) is 83.7 Å². The quantitative estimate of drug-likeness (QED) is 0.324. The second-order valence-corrected chi connectivity index (χ2v) is 7.09. The van der Waals surface area contributed by atoms with Gasteiger partial charge < -0.3 is 9.73 Å². The molecule has 1 aromatic heterocycles. The zero-order chi connectivity index (χ0) is 22.3.